The third kappa shape index (κ3) is 9.12. The van der Waals surface area contributed by atoms with E-state index in [0.29, 0.717) is 12.3 Å². The average molecular weight is 465 g/mol. The van der Waals surface area contributed by atoms with Crippen LogP contribution in [0, 0.1) is 0 Å². The Labute approximate surface area is 188 Å². The van der Waals surface area contributed by atoms with Crippen LogP contribution in [0.15, 0.2) is 65.6 Å². The Balaban J connectivity index is 1.80. The van der Waals surface area contributed by atoms with Crippen LogP contribution in [0.5, 0.6) is 0 Å². The fourth-order valence-electron chi connectivity index (χ4n) is 2.77. The van der Waals surface area contributed by atoms with Gasteiger partial charge in [0.2, 0.25) is 10.0 Å². The summed E-state index contributed by atoms with van der Waals surface area (Å²) in [5, 5.41) is 2.71. The Morgan fingerprint density at radius 1 is 1.03 bits per heavy atom. The van der Waals surface area contributed by atoms with E-state index in [-0.39, 0.29) is 11.3 Å². The fraction of sp³-hybridized carbons (Fsp3) is 0.364. The topological polar surface area (TPSA) is 102 Å². The van der Waals surface area contributed by atoms with E-state index in [1.54, 1.807) is 18.2 Å². The van der Waals surface area contributed by atoms with Gasteiger partial charge in [-0.2, -0.15) is 16.5 Å². The largest absolute Gasteiger partial charge is 0.454 e. The number of benzene rings is 2. The number of hydrogen-bond donors (Lipinski definition) is 2. The summed E-state index contributed by atoms with van der Waals surface area (Å²) in [5.74, 6) is -0.633. The van der Waals surface area contributed by atoms with Gasteiger partial charge in [-0.15, -0.1) is 0 Å². The molecular weight excluding hydrogens is 436 g/mol. The number of hydrogen-bond acceptors (Lipinski definition) is 6. The van der Waals surface area contributed by atoms with Crippen LogP contribution in [-0.4, -0.2) is 51.5 Å². The summed E-state index contributed by atoms with van der Waals surface area (Å²) in [5.41, 5.74) is 1.19. The number of nitrogens with one attached hydrogen (secondary N) is 2. The molecule has 0 aliphatic heterocycles. The molecule has 31 heavy (non-hydrogen) atoms. The third-order valence-corrected chi connectivity index (χ3v) is 6.53. The first-order chi connectivity index (χ1) is 14.9. The lowest BCUT2D eigenvalue weighted by Crippen LogP contribution is -2.43. The number of carbonyl (C=O) groups excluding carboxylic acids is 2. The monoisotopic (exact) mass is 464 g/mol. The van der Waals surface area contributed by atoms with E-state index in [9.17, 15) is 18.0 Å². The first-order valence-corrected chi connectivity index (χ1v) is 12.8. The summed E-state index contributed by atoms with van der Waals surface area (Å²) in [6, 6.07) is 16.7. The Morgan fingerprint density at radius 2 is 1.68 bits per heavy atom. The highest BCUT2D eigenvalue weighted by Crippen LogP contribution is 2.11. The summed E-state index contributed by atoms with van der Waals surface area (Å²) in [7, 11) is -3.88. The van der Waals surface area contributed by atoms with E-state index in [0.717, 1.165) is 12.8 Å². The molecular formula is C22H28N2O5S2. The number of sulfonamides is 1. The second-order valence-corrected chi connectivity index (χ2v) is 9.51. The standard InChI is InChI=1S/C22H28N2O5S2/c1-30-16-14-20(24-31(27,28)19-12-6-3-7-13-19)22(26)29-17-21(25)23-15-8-11-18-9-4-2-5-10-18/h2-7,9-10,12-13,20,24H,8,11,14-17H2,1H3,(H,23,25)/t20-/m1/s1. The van der Waals surface area contributed by atoms with Crippen molar-refractivity contribution in [2.45, 2.75) is 30.2 Å². The molecule has 1 atom stereocenters. The molecule has 0 unspecified atom stereocenters. The van der Waals surface area contributed by atoms with Crippen molar-refractivity contribution in [1.82, 2.24) is 10.0 Å². The highest BCUT2D eigenvalue weighted by Gasteiger charge is 2.27. The summed E-state index contributed by atoms with van der Waals surface area (Å²) in [6.45, 7) is 0.00875. The second kappa shape index (κ2) is 13.1. The average Bonchev–Trinajstić information content (AvgIpc) is 2.79. The lowest BCUT2D eigenvalue weighted by molar-refractivity contribution is -0.150. The number of ether oxygens (including phenoxy) is 1. The first kappa shape index (κ1) is 24.9. The molecule has 0 aliphatic rings. The van der Waals surface area contributed by atoms with Gasteiger partial charge in [0.1, 0.15) is 6.04 Å². The molecule has 0 saturated heterocycles. The van der Waals surface area contributed by atoms with Crippen LogP contribution >= 0.6 is 11.8 Å². The van der Waals surface area contributed by atoms with Crippen molar-refractivity contribution in [3.63, 3.8) is 0 Å². The number of aryl methyl sites for hydroxylation is 1. The second-order valence-electron chi connectivity index (χ2n) is 6.82. The first-order valence-electron chi connectivity index (χ1n) is 9.96. The van der Waals surface area contributed by atoms with Crippen LogP contribution < -0.4 is 10.0 Å². The molecule has 0 fully saturated rings. The Bertz CT molecular complexity index is 921. The van der Waals surface area contributed by atoms with Gasteiger partial charge >= 0.3 is 5.97 Å². The smallest absolute Gasteiger partial charge is 0.324 e. The van der Waals surface area contributed by atoms with E-state index < -0.39 is 34.5 Å². The van der Waals surface area contributed by atoms with Gasteiger partial charge in [0.05, 0.1) is 4.90 Å². The van der Waals surface area contributed by atoms with Crippen molar-refractivity contribution in [3.05, 3.63) is 66.2 Å². The van der Waals surface area contributed by atoms with E-state index in [2.05, 4.69) is 10.0 Å². The van der Waals surface area contributed by atoms with Crippen molar-refractivity contribution in [3.8, 4) is 0 Å². The van der Waals surface area contributed by atoms with Crippen LogP contribution in [0.4, 0.5) is 0 Å². The Kier molecular flexibility index (Phi) is 10.6. The normalized spacial score (nSPS) is 12.2. The maximum absolute atomic E-state index is 12.5. The molecule has 0 radical (unpaired) electrons. The van der Waals surface area contributed by atoms with Gasteiger partial charge in [0.15, 0.2) is 6.61 Å². The van der Waals surface area contributed by atoms with Gasteiger partial charge in [0.25, 0.3) is 5.91 Å². The predicted octanol–water partition coefficient (Wildman–Crippen LogP) is 2.38. The highest BCUT2D eigenvalue weighted by molar-refractivity contribution is 7.98. The molecule has 9 heteroatoms. The van der Waals surface area contributed by atoms with Gasteiger partial charge in [-0.25, -0.2) is 8.42 Å². The molecule has 0 aromatic heterocycles. The number of amides is 1. The van der Waals surface area contributed by atoms with E-state index in [1.165, 1.54) is 29.5 Å². The molecule has 2 aromatic carbocycles. The maximum Gasteiger partial charge on any atom is 0.324 e. The van der Waals surface area contributed by atoms with Crippen LogP contribution in [-0.2, 0) is 30.8 Å². The lowest BCUT2D eigenvalue weighted by atomic mass is 10.1. The highest BCUT2D eigenvalue weighted by atomic mass is 32.2. The SMILES string of the molecule is CSCC[C@@H](NS(=O)(=O)c1ccccc1)C(=O)OCC(=O)NCCCc1ccccc1. The number of rotatable bonds is 13. The quantitative estimate of drug-likeness (QED) is 0.349. The van der Waals surface area contributed by atoms with Crippen molar-refractivity contribution in [2.75, 3.05) is 25.2 Å². The molecule has 168 valence electrons. The molecule has 0 spiro atoms. The summed E-state index contributed by atoms with van der Waals surface area (Å²) >= 11 is 1.48. The zero-order valence-corrected chi connectivity index (χ0v) is 19.1. The molecule has 2 rings (SSSR count). The molecule has 0 aliphatic carbocycles. The summed E-state index contributed by atoms with van der Waals surface area (Å²) in [4.78, 5) is 24.5. The van der Waals surface area contributed by atoms with Gasteiger partial charge in [0, 0.05) is 6.54 Å². The van der Waals surface area contributed by atoms with Crippen molar-refractivity contribution in [2.24, 2.45) is 0 Å². The van der Waals surface area contributed by atoms with Crippen LogP contribution in [0.2, 0.25) is 0 Å². The van der Waals surface area contributed by atoms with Crippen LogP contribution in [0.1, 0.15) is 18.4 Å². The third-order valence-electron chi connectivity index (χ3n) is 4.40. The van der Waals surface area contributed by atoms with Gasteiger partial charge in [-0.1, -0.05) is 48.5 Å². The molecule has 2 N–H and O–H groups in total. The number of carbonyl (C=O) groups is 2. The Morgan fingerprint density at radius 3 is 2.32 bits per heavy atom. The van der Waals surface area contributed by atoms with Crippen LogP contribution in [0.3, 0.4) is 0 Å². The Hall–Kier alpha value is -2.36. The maximum atomic E-state index is 12.5. The number of esters is 1. The molecule has 2 aromatic rings. The van der Waals surface area contributed by atoms with Crippen molar-refractivity contribution in [1.29, 1.82) is 0 Å². The zero-order chi connectivity index (χ0) is 22.5. The minimum Gasteiger partial charge on any atom is -0.454 e. The lowest BCUT2D eigenvalue weighted by Gasteiger charge is -2.17. The van der Waals surface area contributed by atoms with Gasteiger partial charge in [-0.3, -0.25) is 9.59 Å². The molecule has 0 bridgehead atoms. The zero-order valence-electron chi connectivity index (χ0n) is 17.5. The van der Waals surface area contributed by atoms with Crippen molar-refractivity contribution >= 4 is 33.7 Å². The summed E-state index contributed by atoms with van der Waals surface area (Å²) < 4.78 is 32.5. The molecule has 1 amide bonds. The molecule has 7 nitrogen and oxygen atoms in total. The fourth-order valence-corrected chi connectivity index (χ4v) is 4.48. The van der Waals surface area contributed by atoms with E-state index in [4.69, 9.17) is 4.74 Å². The van der Waals surface area contributed by atoms with E-state index in [1.807, 2.05) is 36.6 Å². The van der Waals surface area contributed by atoms with Gasteiger partial charge in [-0.05, 0) is 49.0 Å². The minimum absolute atomic E-state index is 0.0631. The molecule has 0 heterocycles. The van der Waals surface area contributed by atoms with E-state index >= 15 is 0 Å². The molecule has 0 saturated carbocycles. The summed E-state index contributed by atoms with van der Waals surface area (Å²) in [6.07, 6.45) is 3.71. The van der Waals surface area contributed by atoms with Crippen LogP contribution in [0.25, 0.3) is 0 Å². The minimum atomic E-state index is -3.88. The predicted molar refractivity (Wildman–Crippen MR) is 122 cm³/mol. The van der Waals surface area contributed by atoms with Crippen molar-refractivity contribution < 1.29 is 22.7 Å². The number of thioether (sulfide) groups is 1. The van der Waals surface area contributed by atoms with Gasteiger partial charge < -0.3 is 10.1 Å².